The summed E-state index contributed by atoms with van der Waals surface area (Å²) in [6.07, 6.45) is 3.18. The highest BCUT2D eigenvalue weighted by atomic mass is 35.5. The molecule has 0 bridgehead atoms. The predicted molar refractivity (Wildman–Crippen MR) is 81.0 cm³/mol. The molecule has 2 heterocycles. The molecule has 8 heteroatoms. The van der Waals surface area contributed by atoms with E-state index in [4.69, 9.17) is 16.7 Å². The summed E-state index contributed by atoms with van der Waals surface area (Å²) in [5.41, 5.74) is 0.473. The molecule has 0 aliphatic carbocycles. The van der Waals surface area contributed by atoms with Gasteiger partial charge in [0, 0.05) is 19.3 Å². The zero-order valence-electron chi connectivity index (χ0n) is 11.7. The van der Waals surface area contributed by atoms with Crippen molar-refractivity contribution in [2.75, 3.05) is 19.7 Å². The van der Waals surface area contributed by atoms with Crippen LogP contribution in [0.3, 0.4) is 0 Å². The maximum absolute atomic E-state index is 12.8. The Morgan fingerprint density at radius 1 is 1.38 bits per heavy atom. The van der Waals surface area contributed by atoms with Crippen molar-refractivity contribution in [2.45, 2.75) is 24.8 Å². The molecular weight excluding hydrogens is 314 g/mol. The van der Waals surface area contributed by atoms with E-state index in [1.54, 1.807) is 24.4 Å². The van der Waals surface area contributed by atoms with Crippen molar-refractivity contribution in [1.29, 1.82) is 0 Å². The molecule has 2 aromatic heterocycles. The molecule has 21 heavy (non-hydrogen) atoms. The van der Waals surface area contributed by atoms with Crippen molar-refractivity contribution in [3.63, 3.8) is 0 Å². The van der Waals surface area contributed by atoms with E-state index in [0.29, 0.717) is 18.6 Å². The highest BCUT2D eigenvalue weighted by Gasteiger charge is 2.30. The molecule has 0 amide bonds. The number of aliphatic hydroxyl groups excluding tert-OH is 1. The van der Waals surface area contributed by atoms with Gasteiger partial charge < -0.3 is 5.11 Å². The Morgan fingerprint density at radius 2 is 2.14 bits per heavy atom. The Kier molecular flexibility index (Phi) is 5.21. The summed E-state index contributed by atoms with van der Waals surface area (Å²) in [7, 11) is -3.81. The average Bonchev–Trinajstić information content (AvgIpc) is 2.79. The van der Waals surface area contributed by atoms with Gasteiger partial charge in [-0.05, 0) is 18.6 Å². The van der Waals surface area contributed by atoms with Crippen molar-refractivity contribution >= 4 is 27.3 Å². The molecule has 0 aromatic carbocycles. The van der Waals surface area contributed by atoms with Crippen LogP contribution < -0.4 is 0 Å². The summed E-state index contributed by atoms with van der Waals surface area (Å²) in [6, 6.07) is 5.16. The minimum Gasteiger partial charge on any atom is -0.395 e. The topological polar surface area (TPSA) is 74.9 Å². The third-order valence-corrected chi connectivity index (χ3v) is 5.44. The van der Waals surface area contributed by atoms with Gasteiger partial charge in [-0.25, -0.2) is 13.4 Å². The van der Waals surface area contributed by atoms with E-state index in [1.165, 1.54) is 8.71 Å². The molecule has 1 N–H and O–H groups in total. The summed E-state index contributed by atoms with van der Waals surface area (Å²) in [6.45, 7) is 2.12. The van der Waals surface area contributed by atoms with Gasteiger partial charge in [0.25, 0.3) is 10.0 Å². The summed E-state index contributed by atoms with van der Waals surface area (Å²) >= 11 is 6.03. The van der Waals surface area contributed by atoms with Crippen molar-refractivity contribution in [2.24, 2.45) is 0 Å². The lowest BCUT2D eigenvalue weighted by molar-refractivity contribution is 0.252. The molecule has 0 radical (unpaired) electrons. The van der Waals surface area contributed by atoms with Crippen LogP contribution in [-0.4, -0.2) is 46.9 Å². The van der Waals surface area contributed by atoms with E-state index in [-0.39, 0.29) is 23.3 Å². The summed E-state index contributed by atoms with van der Waals surface area (Å²) in [4.78, 5) is 4.06. The molecule has 0 saturated carbocycles. The molecule has 0 aliphatic rings. The number of unbranched alkanes of at least 4 members (excludes halogenated alkanes) is 1. The van der Waals surface area contributed by atoms with E-state index >= 15 is 0 Å². The Balaban J connectivity index is 2.51. The Hall–Kier alpha value is -1.15. The third-order valence-electron chi connectivity index (χ3n) is 3.14. The average molecular weight is 332 g/mol. The normalized spacial score (nSPS) is 12.4. The van der Waals surface area contributed by atoms with Crippen LogP contribution in [0.25, 0.3) is 5.65 Å². The van der Waals surface area contributed by atoms with Crippen molar-refractivity contribution < 1.29 is 13.5 Å². The smallest absolute Gasteiger partial charge is 0.262 e. The number of halogens is 1. The first-order chi connectivity index (χ1) is 10.0. The first-order valence-electron chi connectivity index (χ1n) is 6.76. The quantitative estimate of drug-likeness (QED) is 0.839. The van der Waals surface area contributed by atoms with Crippen LogP contribution in [0.5, 0.6) is 0 Å². The molecular formula is C13H18ClN3O3S. The number of sulfonamides is 1. The van der Waals surface area contributed by atoms with Gasteiger partial charge in [0.15, 0.2) is 10.2 Å². The zero-order chi connectivity index (χ0) is 15.5. The lowest BCUT2D eigenvalue weighted by Gasteiger charge is -2.20. The number of aliphatic hydroxyl groups is 1. The zero-order valence-corrected chi connectivity index (χ0v) is 13.3. The second-order valence-corrected chi connectivity index (χ2v) is 6.83. The van der Waals surface area contributed by atoms with E-state index in [2.05, 4.69) is 4.98 Å². The summed E-state index contributed by atoms with van der Waals surface area (Å²) in [5, 5.41) is 9.01. The van der Waals surface area contributed by atoms with Crippen LogP contribution in [0, 0.1) is 0 Å². The SMILES string of the molecule is CCCCN(CCO)S(=O)(=O)c1c(Cl)nc2ccccn12. The van der Waals surface area contributed by atoms with E-state index in [1.807, 2.05) is 6.92 Å². The maximum Gasteiger partial charge on any atom is 0.262 e. The van der Waals surface area contributed by atoms with Crippen LogP contribution in [0.15, 0.2) is 29.4 Å². The van der Waals surface area contributed by atoms with Gasteiger partial charge in [0.05, 0.1) is 6.61 Å². The van der Waals surface area contributed by atoms with E-state index in [0.717, 1.165) is 6.42 Å². The maximum atomic E-state index is 12.8. The molecule has 0 saturated heterocycles. The molecule has 6 nitrogen and oxygen atoms in total. The molecule has 0 unspecified atom stereocenters. The van der Waals surface area contributed by atoms with Crippen molar-refractivity contribution in [3.05, 3.63) is 29.5 Å². The molecule has 0 atom stereocenters. The highest BCUT2D eigenvalue weighted by Crippen LogP contribution is 2.25. The number of hydrogen-bond donors (Lipinski definition) is 1. The minimum absolute atomic E-state index is 0.0404. The van der Waals surface area contributed by atoms with Gasteiger partial charge >= 0.3 is 0 Å². The van der Waals surface area contributed by atoms with Crippen LogP contribution in [-0.2, 0) is 10.0 Å². The van der Waals surface area contributed by atoms with Gasteiger partial charge in [-0.1, -0.05) is 31.0 Å². The number of pyridine rings is 1. The van der Waals surface area contributed by atoms with Gasteiger partial charge in [0.2, 0.25) is 0 Å². The molecule has 0 spiro atoms. The second kappa shape index (κ2) is 6.74. The Morgan fingerprint density at radius 3 is 2.81 bits per heavy atom. The fraction of sp³-hybridized carbons (Fsp3) is 0.462. The summed E-state index contributed by atoms with van der Waals surface area (Å²) in [5.74, 6) is 0. The molecule has 2 rings (SSSR count). The highest BCUT2D eigenvalue weighted by molar-refractivity contribution is 7.89. The van der Waals surface area contributed by atoms with Crippen LogP contribution in [0.1, 0.15) is 19.8 Å². The van der Waals surface area contributed by atoms with Crippen LogP contribution in [0.4, 0.5) is 0 Å². The Labute approximate surface area is 129 Å². The monoisotopic (exact) mass is 331 g/mol. The second-order valence-electron chi connectivity index (χ2n) is 4.62. The van der Waals surface area contributed by atoms with E-state index < -0.39 is 10.0 Å². The number of imidazole rings is 1. The fourth-order valence-electron chi connectivity index (χ4n) is 2.10. The van der Waals surface area contributed by atoms with Gasteiger partial charge in [-0.2, -0.15) is 4.31 Å². The first kappa shape index (κ1) is 16.2. The predicted octanol–water partition coefficient (Wildman–Crippen LogP) is 1.77. The van der Waals surface area contributed by atoms with Gasteiger partial charge in [-0.3, -0.25) is 4.40 Å². The number of fused-ring (bicyclic) bond motifs is 1. The molecule has 2 aromatic rings. The van der Waals surface area contributed by atoms with Crippen LogP contribution >= 0.6 is 11.6 Å². The summed E-state index contributed by atoms with van der Waals surface area (Å²) < 4.78 is 28.3. The van der Waals surface area contributed by atoms with Gasteiger partial charge in [0.1, 0.15) is 5.65 Å². The minimum atomic E-state index is -3.81. The van der Waals surface area contributed by atoms with Crippen molar-refractivity contribution in [1.82, 2.24) is 13.7 Å². The lowest BCUT2D eigenvalue weighted by Crippen LogP contribution is -2.35. The first-order valence-corrected chi connectivity index (χ1v) is 8.57. The molecule has 116 valence electrons. The number of hydrogen-bond acceptors (Lipinski definition) is 4. The Bertz CT molecular complexity index is 715. The van der Waals surface area contributed by atoms with Crippen molar-refractivity contribution in [3.8, 4) is 0 Å². The van der Waals surface area contributed by atoms with Crippen LogP contribution in [0.2, 0.25) is 5.15 Å². The number of nitrogens with zero attached hydrogens (tertiary/aromatic N) is 3. The third kappa shape index (κ3) is 3.21. The number of rotatable bonds is 7. The fourth-order valence-corrected chi connectivity index (χ4v) is 4.16. The molecule has 0 fully saturated rings. The molecule has 0 aliphatic heterocycles. The largest absolute Gasteiger partial charge is 0.395 e. The lowest BCUT2D eigenvalue weighted by atomic mass is 10.3. The van der Waals surface area contributed by atoms with Gasteiger partial charge in [-0.15, -0.1) is 0 Å². The number of aromatic nitrogens is 2. The standard InChI is InChI=1S/C13H18ClN3O3S/c1-2-3-7-16(9-10-18)21(19,20)13-12(14)15-11-6-4-5-8-17(11)13/h4-6,8,18H,2-3,7,9-10H2,1H3. The van der Waals surface area contributed by atoms with E-state index in [9.17, 15) is 8.42 Å².